The summed E-state index contributed by atoms with van der Waals surface area (Å²) in [6.07, 6.45) is 3.24. The molecule has 2 heterocycles. The van der Waals surface area contributed by atoms with Crippen LogP contribution in [0.3, 0.4) is 0 Å². The van der Waals surface area contributed by atoms with Gasteiger partial charge in [0.25, 0.3) is 5.91 Å². The standard InChI is InChI=1S/C19H19FN4O3/c1-26-9-10-27-18-6-5-14(12-21-18)13-22-19(25)17-7-8-24(23-17)16-4-2-3-15(20)11-16/h2-8,11-12H,9-10,13H2,1H3,(H,22,25). The van der Waals surface area contributed by atoms with Crippen LogP contribution < -0.4 is 10.1 Å². The maximum absolute atomic E-state index is 13.3. The molecule has 3 rings (SSSR count). The van der Waals surface area contributed by atoms with E-state index in [0.717, 1.165) is 5.56 Å². The van der Waals surface area contributed by atoms with Crippen LogP contribution in [0.25, 0.3) is 5.69 Å². The number of halogens is 1. The van der Waals surface area contributed by atoms with Crippen molar-refractivity contribution < 1.29 is 18.7 Å². The van der Waals surface area contributed by atoms with Gasteiger partial charge in [-0.1, -0.05) is 12.1 Å². The van der Waals surface area contributed by atoms with Crippen molar-refractivity contribution in [3.8, 4) is 11.6 Å². The molecule has 0 aliphatic carbocycles. The highest BCUT2D eigenvalue weighted by Crippen LogP contribution is 2.10. The lowest BCUT2D eigenvalue weighted by Crippen LogP contribution is -2.23. The fraction of sp³-hybridized carbons (Fsp3) is 0.211. The van der Waals surface area contributed by atoms with Gasteiger partial charge in [0, 0.05) is 32.1 Å². The van der Waals surface area contributed by atoms with Gasteiger partial charge in [0.05, 0.1) is 12.3 Å². The highest BCUT2D eigenvalue weighted by Gasteiger charge is 2.10. The van der Waals surface area contributed by atoms with Gasteiger partial charge >= 0.3 is 0 Å². The minimum atomic E-state index is -0.365. The number of aromatic nitrogens is 3. The average molecular weight is 370 g/mol. The third-order valence-electron chi connectivity index (χ3n) is 3.68. The van der Waals surface area contributed by atoms with Crippen LogP contribution in [0.2, 0.25) is 0 Å². The second kappa shape index (κ2) is 8.91. The molecule has 2 aromatic heterocycles. The molecular weight excluding hydrogens is 351 g/mol. The number of ether oxygens (including phenoxy) is 2. The van der Waals surface area contributed by atoms with Crippen LogP contribution in [0.5, 0.6) is 5.88 Å². The number of nitrogens with zero attached hydrogens (tertiary/aromatic N) is 3. The summed E-state index contributed by atoms with van der Waals surface area (Å²) in [6.45, 7) is 1.21. The van der Waals surface area contributed by atoms with Crippen molar-refractivity contribution in [1.82, 2.24) is 20.1 Å². The molecule has 0 bridgehead atoms. The molecule has 27 heavy (non-hydrogen) atoms. The van der Waals surface area contributed by atoms with Gasteiger partial charge in [0.1, 0.15) is 12.4 Å². The molecule has 0 aliphatic rings. The number of carbonyl (C=O) groups excluding carboxylic acids is 1. The van der Waals surface area contributed by atoms with E-state index in [1.165, 1.54) is 16.8 Å². The fourth-order valence-corrected chi connectivity index (χ4v) is 2.31. The lowest BCUT2D eigenvalue weighted by atomic mass is 10.3. The Morgan fingerprint density at radius 3 is 2.85 bits per heavy atom. The molecule has 1 aromatic carbocycles. The van der Waals surface area contributed by atoms with Gasteiger partial charge in [-0.25, -0.2) is 14.1 Å². The predicted molar refractivity (Wildman–Crippen MR) is 96.3 cm³/mol. The van der Waals surface area contributed by atoms with Gasteiger partial charge in [-0.2, -0.15) is 5.10 Å². The number of amides is 1. The molecule has 0 saturated heterocycles. The Labute approximate surface area is 155 Å². The van der Waals surface area contributed by atoms with Crippen molar-refractivity contribution in [2.24, 2.45) is 0 Å². The predicted octanol–water partition coefficient (Wildman–Crippen LogP) is 2.36. The number of benzene rings is 1. The smallest absolute Gasteiger partial charge is 0.272 e. The Bertz CT molecular complexity index is 896. The van der Waals surface area contributed by atoms with Crippen LogP contribution in [-0.4, -0.2) is 41.0 Å². The molecule has 0 fully saturated rings. The van der Waals surface area contributed by atoms with E-state index in [4.69, 9.17) is 9.47 Å². The number of pyridine rings is 1. The Balaban J connectivity index is 1.55. The summed E-state index contributed by atoms with van der Waals surface area (Å²) in [5.41, 5.74) is 1.61. The third-order valence-corrected chi connectivity index (χ3v) is 3.68. The van der Waals surface area contributed by atoms with E-state index in [2.05, 4.69) is 15.4 Å². The van der Waals surface area contributed by atoms with Crippen LogP contribution in [-0.2, 0) is 11.3 Å². The molecule has 3 aromatic rings. The Kier molecular flexibility index (Phi) is 6.11. The van der Waals surface area contributed by atoms with E-state index in [9.17, 15) is 9.18 Å². The van der Waals surface area contributed by atoms with E-state index < -0.39 is 0 Å². The molecular formula is C19H19FN4O3. The first kappa shape index (κ1) is 18.5. The maximum Gasteiger partial charge on any atom is 0.272 e. The SMILES string of the molecule is COCCOc1ccc(CNC(=O)c2ccn(-c3cccc(F)c3)n2)cn1. The quantitative estimate of drug-likeness (QED) is 0.616. The summed E-state index contributed by atoms with van der Waals surface area (Å²) in [7, 11) is 1.60. The van der Waals surface area contributed by atoms with Crippen LogP contribution in [0.4, 0.5) is 4.39 Å². The van der Waals surface area contributed by atoms with Crippen molar-refractivity contribution in [2.45, 2.75) is 6.54 Å². The summed E-state index contributed by atoms with van der Waals surface area (Å²) < 4.78 is 25.0. The number of carbonyl (C=O) groups is 1. The summed E-state index contributed by atoms with van der Waals surface area (Å²) in [4.78, 5) is 16.4. The third kappa shape index (κ3) is 5.11. The van der Waals surface area contributed by atoms with Crippen LogP contribution in [0.15, 0.2) is 54.9 Å². The van der Waals surface area contributed by atoms with Crippen LogP contribution >= 0.6 is 0 Å². The summed E-state index contributed by atoms with van der Waals surface area (Å²) in [6, 6.07) is 11.1. The van der Waals surface area contributed by atoms with Crippen molar-refractivity contribution in [3.05, 3.63) is 71.9 Å². The molecule has 0 unspecified atom stereocenters. The molecule has 0 spiro atoms. The second-order valence-electron chi connectivity index (χ2n) is 5.65. The zero-order valence-corrected chi connectivity index (χ0v) is 14.8. The Morgan fingerprint density at radius 2 is 2.11 bits per heavy atom. The zero-order valence-electron chi connectivity index (χ0n) is 14.8. The molecule has 7 nitrogen and oxygen atoms in total. The molecule has 0 saturated carbocycles. The highest BCUT2D eigenvalue weighted by atomic mass is 19.1. The highest BCUT2D eigenvalue weighted by molar-refractivity contribution is 5.92. The minimum Gasteiger partial charge on any atom is -0.475 e. The lowest BCUT2D eigenvalue weighted by molar-refractivity contribution is 0.0945. The molecule has 0 atom stereocenters. The fourth-order valence-electron chi connectivity index (χ4n) is 2.31. The maximum atomic E-state index is 13.3. The van der Waals surface area contributed by atoms with Gasteiger partial charge in [0.15, 0.2) is 5.69 Å². The number of hydrogen-bond acceptors (Lipinski definition) is 5. The minimum absolute atomic E-state index is 0.242. The van der Waals surface area contributed by atoms with E-state index in [1.54, 1.807) is 43.8 Å². The molecule has 140 valence electrons. The lowest BCUT2D eigenvalue weighted by Gasteiger charge is -2.06. The van der Waals surface area contributed by atoms with E-state index in [0.29, 0.717) is 31.3 Å². The zero-order chi connectivity index (χ0) is 19.1. The molecule has 1 N–H and O–H groups in total. The summed E-state index contributed by atoms with van der Waals surface area (Å²) in [5, 5.41) is 6.95. The van der Waals surface area contributed by atoms with Crippen molar-refractivity contribution in [3.63, 3.8) is 0 Å². The van der Waals surface area contributed by atoms with E-state index in [-0.39, 0.29) is 17.4 Å². The molecule has 8 heteroatoms. The first-order chi connectivity index (χ1) is 13.2. The first-order valence-corrected chi connectivity index (χ1v) is 8.32. The Hall–Kier alpha value is -3.26. The number of hydrogen-bond donors (Lipinski definition) is 1. The molecule has 1 amide bonds. The van der Waals surface area contributed by atoms with E-state index >= 15 is 0 Å². The second-order valence-corrected chi connectivity index (χ2v) is 5.65. The molecule has 0 aliphatic heterocycles. The van der Waals surface area contributed by atoms with Crippen molar-refractivity contribution >= 4 is 5.91 Å². The Morgan fingerprint density at radius 1 is 1.22 bits per heavy atom. The largest absolute Gasteiger partial charge is 0.475 e. The van der Waals surface area contributed by atoms with Crippen molar-refractivity contribution in [1.29, 1.82) is 0 Å². The normalized spacial score (nSPS) is 10.6. The van der Waals surface area contributed by atoms with Gasteiger partial charge in [-0.05, 0) is 29.8 Å². The summed E-state index contributed by atoms with van der Waals surface area (Å²) in [5.74, 6) is -0.197. The van der Waals surface area contributed by atoms with E-state index in [1.807, 2.05) is 6.07 Å². The van der Waals surface area contributed by atoms with Crippen LogP contribution in [0, 0.1) is 5.82 Å². The average Bonchev–Trinajstić information content (AvgIpc) is 3.18. The van der Waals surface area contributed by atoms with Gasteiger partial charge in [0.2, 0.25) is 5.88 Å². The van der Waals surface area contributed by atoms with Crippen molar-refractivity contribution in [2.75, 3.05) is 20.3 Å². The summed E-state index contributed by atoms with van der Waals surface area (Å²) >= 11 is 0. The number of nitrogens with one attached hydrogen (secondary N) is 1. The van der Waals surface area contributed by atoms with Crippen LogP contribution in [0.1, 0.15) is 16.1 Å². The van der Waals surface area contributed by atoms with Gasteiger partial charge in [-0.3, -0.25) is 4.79 Å². The topological polar surface area (TPSA) is 78.3 Å². The molecule has 0 radical (unpaired) electrons. The number of rotatable bonds is 8. The first-order valence-electron chi connectivity index (χ1n) is 8.32. The number of methoxy groups -OCH3 is 1. The van der Waals surface area contributed by atoms with Gasteiger partial charge in [-0.15, -0.1) is 0 Å². The van der Waals surface area contributed by atoms with Gasteiger partial charge < -0.3 is 14.8 Å². The monoisotopic (exact) mass is 370 g/mol.